The molecule has 0 heterocycles. The van der Waals surface area contributed by atoms with E-state index in [0.29, 0.717) is 6.04 Å². The molecule has 23 heavy (non-hydrogen) atoms. The van der Waals surface area contributed by atoms with Crippen LogP contribution in [0.3, 0.4) is 0 Å². The standard InChI is InChI=1S/C22H35N/c1-4-6-17-8-10-18(11-9-17)15-23-22-19(5-2)14-20-12-7-16(3)13-21(20)22/h7,12-13,17-19,22-23H,4-6,8-11,14-15H2,1-3H3. The maximum Gasteiger partial charge on any atom is 0.0354 e. The van der Waals surface area contributed by atoms with Gasteiger partial charge in [0, 0.05) is 6.04 Å². The molecule has 2 unspecified atom stereocenters. The fourth-order valence-electron chi connectivity index (χ4n) is 4.93. The minimum absolute atomic E-state index is 0.600. The lowest BCUT2D eigenvalue weighted by molar-refractivity contribution is 0.242. The van der Waals surface area contributed by atoms with Crippen LogP contribution < -0.4 is 5.32 Å². The van der Waals surface area contributed by atoms with Crippen molar-refractivity contribution in [3.05, 3.63) is 34.9 Å². The molecule has 0 aromatic heterocycles. The molecule has 3 rings (SSSR count). The van der Waals surface area contributed by atoms with E-state index in [1.165, 1.54) is 63.5 Å². The predicted octanol–water partition coefficient (Wildman–Crippen LogP) is 5.81. The maximum atomic E-state index is 3.98. The summed E-state index contributed by atoms with van der Waals surface area (Å²) in [6.07, 6.45) is 11.2. The average molecular weight is 314 g/mol. The van der Waals surface area contributed by atoms with Gasteiger partial charge < -0.3 is 5.32 Å². The Bertz CT molecular complexity index is 499. The summed E-state index contributed by atoms with van der Waals surface area (Å²) in [6, 6.07) is 7.68. The van der Waals surface area contributed by atoms with Gasteiger partial charge in [-0.15, -0.1) is 0 Å². The summed E-state index contributed by atoms with van der Waals surface area (Å²) in [7, 11) is 0. The number of fused-ring (bicyclic) bond motifs is 1. The molecule has 0 aliphatic heterocycles. The minimum atomic E-state index is 0.600. The van der Waals surface area contributed by atoms with Gasteiger partial charge in [-0.25, -0.2) is 0 Å². The molecule has 0 bridgehead atoms. The van der Waals surface area contributed by atoms with Crippen LogP contribution in [0.4, 0.5) is 0 Å². The molecule has 1 fully saturated rings. The van der Waals surface area contributed by atoms with Gasteiger partial charge in [0.2, 0.25) is 0 Å². The fraction of sp³-hybridized carbons (Fsp3) is 0.727. The Labute approximate surface area is 143 Å². The van der Waals surface area contributed by atoms with Crippen LogP contribution in [0.2, 0.25) is 0 Å². The summed E-state index contributed by atoms with van der Waals surface area (Å²) >= 11 is 0. The van der Waals surface area contributed by atoms with Crippen molar-refractivity contribution in [2.24, 2.45) is 17.8 Å². The number of hydrogen-bond donors (Lipinski definition) is 1. The van der Waals surface area contributed by atoms with Crippen LogP contribution in [0.25, 0.3) is 0 Å². The summed E-state index contributed by atoms with van der Waals surface area (Å²) in [6.45, 7) is 8.14. The first-order valence-electron chi connectivity index (χ1n) is 10.0. The lowest BCUT2D eigenvalue weighted by atomic mass is 9.80. The first-order chi connectivity index (χ1) is 11.2. The van der Waals surface area contributed by atoms with Gasteiger partial charge in [-0.05, 0) is 61.6 Å². The number of aryl methyl sites for hydroxylation is 1. The van der Waals surface area contributed by atoms with Crippen LogP contribution >= 0.6 is 0 Å². The fourth-order valence-corrected chi connectivity index (χ4v) is 4.93. The van der Waals surface area contributed by atoms with E-state index in [2.05, 4.69) is 44.3 Å². The van der Waals surface area contributed by atoms with Crippen molar-refractivity contribution >= 4 is 0 Å². The second kappa shape index (κ2) is 7.83. The maximum absolute atomic E-state index is 3.98. The molecule has 2 aliphatic rings. The number of rotatable bonds is 6. The molecule has 1 saturated carbocycles. The normalized spacial score (nSPS) is 30.4. The first kappa shape index (κ1) is 17.0. The molecule has 0 amide bonds. The Morgan fingerprint density at radius 3 is 2.48 bits per heavy atom. The largest absolute Gasteiger partial charge is 0.309 e. The molecule has 0 radical (unpaired) electrons. The summed E-state index contributed by atoms with van der Waals surface area (Å²) in [4.78, 5) is 0. The van der Waals surface area contributed by atoms with Crippen LogP contribution in [0, 0.1) is 24.7 Å². The number of benzene rings is 1. The van der Waals surface area contributed by atoms with Crippen LogP contribution in [0.1, 0.15) is 81.5 Å². The van der Waals surface area contributed by atoms with Crippen LogP contribution in [0.5, 0.6) is 0 Å². The van der Waals surface area contributed by atoms with Gasteiger partial charge in [-0.2, -0.15) is 0 Å². The minimum Gasteiger partial charge on any atom is -0.309 e. The highest BCUT2D eigenvalue weighted by Crippen LogP contribution is 2.39. The van der Waals surface area contributed by atoms with E-state index < -0.39 is 0 Å². The Balaban J connectivity index is 1.56. The summed E-state index contributed by atoms with van der Waals surface area (Å²) in [5, 5.41) is 3.98. The second-order valence-electron chi connectivity index (χ2n) is 8.14. The van der Waals surface area contributed by atoms with Gasteiger partial charge in [-0.1, -0.05) is 69.7 Å². The number of nitrogens with one attached hydrogen (secondary N) is 1. The Kier molecular flexibility index (Phi) is 5.80. The van der Waals surface area contributed by atoms with Crippen LogP contribution in [-0.2, 0) is 6.42 Å². The zero-order valence-electron chi connectivity index (χ0n) is 15.4. The van der Waals surface area contributed by atoms with Crippen molar-refractivity contribution in [3.63, 3.8) is 0 Å². The highest BCUT2D eigenvalue weighted by molar-refractivity contribution is 5.38. The zero-order valence-corrected chi connectivity index (χ0v) is 15.4. The van der Waals surface area contributed by atoms with Gasteiger partial charge in [0.25, 0.3) is 0 Å². The van der Waals surface area contributed by atoms with Gasteiger partial charge in [0.15, 0.2) is 0 Å². The van der Waals surface area contributed by atoms with Gasteiger partial charge in [0.05, 0.1) is 0 Å². The highest BCUT2D eigenvalue weighted by Gasteiger charge is 2.31. The third-order valence-electron chi connectivity index (χ3n) is 6.40. The molecule has 2 aliphatic carbocycles. The van der Waals surface area contributed by atoms with Crippen molar-refractivity contribution in [1.29, 1.82) is 0 Å². The summed E-state index contributed by atoms with van der Waals surface area (Å²) in [5.41, 5.74) is 4.59. The SMILES string of the molecule is CCCC1CCC(CNC2c3cc(C)ccc3CC2CC)CC1. The Morgan fingerprint density at radius 1 is 1.04 bits per heavy atom. The second-order valence-corrected chi connectivity index (χ2v) is 8.14. The monoisotopic (exact) mass is 313 g/mol. The molecule has 1 aromatic rings. The third-order valence-corrected chi connectivity index (χ3v) is 6.40. The third kappa shape index (κ3) is 3.99. The van der Waals surface area contributed by atoms with E-state index in [9.17, 15) is 0 Å². The quantitative estimate of drug-likeness (QED) is 0.698. The molecule has 1 nitrogen and oxygen atoms in total. The summed E-state index contributed by atoms with van der Waals surface area (Å²) < 4.78 is 0. The van der Waals surface area contributed by atoms with Crippen LogP contribution in [0.15, 0.2) is 18.2 Å². The molecule has 1 N–H and O–H groups in total. The smallest absolute Gasteiger partial charge is 0.0354 e. The molecule has 1 aromatic carbocycles. The lowest BCUT2D eigenvalue weighted by Crippen LogP contribution is -2.32. The van der Waals surface area contributed by atoms with E-state index in [4.69, 9.17) is 0 Å². The topological polar surface area (TPSA) is 12.0 Å². The van der Waals surface area contributed by atoms with E-state index in [0.717, 1.165) is 17.8 Å². The molecular weight excluding hydrogens is 278 g/mol. The van der Waals surface area contributed by atoms with Gasteiger partial charge in [-0.3, -0.25) is 0 Å². The van der Waals surface area contributed by atoms with Crippen molar-refractivity contribution in [2.75, 3.05) is 6.54 Å². The Morgan fingerprint density at radius 2 is 1.78 bits per heavy atom. The molecule has 0 saturated heterocycles. The predicted molar refractivity (Wildman–Crippen MR) is 99.8 cm³/mol. The van der Waals surface area contributed by atoms with E-state index in [1.807, 2.05) is 0 Å². The average Bonchev–Trinajstić information content (AvgIpc) is 2.91. The molecule has 2 atom stereocenters. The van der Waals surface area contributed by atoms with E-state index in [-0.39, 0.29) is 0 Å². The molecule has 128 valence electrons. The van der Waals surface area contributed by atoms with Crippen molar-refractivity contribution in [2.45, 2.75) is 78.2 Å². The van der Waals surface area contributed by atoms with E-state index in [1.54, 1.807) is 11.1 Å². The van der Waals surface area contributed by atoms with Crippen molar-refractivity contribution in [1.82, 2.24) is 5.32 Å². The first-order valence-corrected chi connectivity index (χ1v) is 10.0. The van der Waals surface area contributed by atoms with E-state index >= 15 is 0 Å². The lowest BCUT2D eigenvalue weighted by Gasteiger charge is -2.30. The zero-order chi connectivity index (χ0) is 16.2. The number of hydrogen-bond acceptors (Lipinski definition) is 1. The summed E-state index contributed by atoms with van der Waals surface area (Å²) in [5.74, 6) is 2.73. The molecule has 0 spiro atoms. The Hall–Kier alpha value is -0.820. The molecular formula is C22H35N. The van der Waals surface area contributed by atoms with Crippen molar-refractivity contribution in [3.8, 4) is 0 Å². The van der Waals surface area contributed by atoms with Crippen molar-refractivity contribution < 1.29 is 0 Å². The van der Waals surface area contributed by atoms with Gasteiger partial charge in [0.1, 0.15) is 0 Å². The van der Waals surface area contributed by atoms with Gasteiger partial charge >= 0.3 is 0 Å². The highest BCUT2D eigenvalue weighted by atomic mass is 14.9. The molecule has 1 heteroatoms. The van der Waals surface area contributed by atoms with Crippen LogP contribution in [-0.4, -0.2) is 6.54 Å².